The molecule has 178 valence electrons. The summed E-state index contributed by atoms with van der Waals surface area (Å²) < 4.78 is 19.9. The molecular weight excluding hydrogens is 409 g/mol. The first-order valence-electron chi connectivity index (χ1n) is 11.6. The van der Waals surface area contributed by atoms with Gasteiger partial charge in [-0.05, 0) is 36.8 Å². The minimum atomic E-state index is -0.840. The van der Waals surface area contributed by atoms with Gasteiger partial charge in [0.1, 0.15) is 11.8 Å². The van der Waals surface area contributed by atoms with Crippen molar-refractivity contribution in [1.82, 2.24) is 15.6 Å². The van der Waals surface area contributed by atoms with Crippen LogP contribution < -0.4 is 15.4 Å². The fraction of sp³-hybridized carbons (Fsp3) is 0.680. The van der Waals surface area contributed by atoms with Gasteiger partial charge in [0.15, 0.2) is 0 Å². The van der Waals surface area contributed by atoms with E-state index in [0.29, 0.717) is 38.1 Å². The Kier molecular flexibility index (Phi) is 7.61. The van der Waals surface area contributed by atoms with Crippen molar-refractivity contribution in [3.05, 3.63) is 35.5 Å². The van der Waals surface area contributed by atoms with Crippen LogP contribution in [-0.4, -0.2) is 46.5 Å². The molecule has 1 aliphatic carbocycles. The molecule has 0 bridgehead atoms. The van der Waals surface area contributed by atoms with Crippen molar-refractivity contribution in [3.63, 3.8) is 0 Å². The van der Waals surface area contributed by atoms with Crippen LogP contribution in [0, 0.1) is 5.41 Å². The van der Waals surface area contributed by atoms with Crippen LogP contribution in [-0.2, 0) is 11.2 Å². The highest BCUT2D eigenvalue weighted by Crippen LogP contribution is 2.49. The van der Waals surface area contributed by atoms with Crippen molar-refractivity contribution in [1.29, 1.82) is 0 Å². The Bertz CT molecular complexity index is 830. The molecular formula is C25H38FN3O3. The highest BCUT2D eigenvalue weighted by atomic mass is 19.1. The minimum absolute atomic E-state index is 0.104. The molecule has 2 aliphatic rings. The Balaban J connectivity index is 1.77. The number of rotatable bonds is 8. The summed E-state index contributed by atoms with van der Waals surface area (Å²) in [6.07, 6.45) is 6.88. The van der Waals surface area contributed by atoms with Gasteiger partial charge in [0.05, 0.1) is 12.1 Å². The highest BCUT2D eigenvalue weighted by Gasteiger charge is 2.51. The zero-order valence-corrected chi connectivity index (χ0v) is 20.0. The Labute approximate surface area is 191 Å². The molecule has 0 aromatic carbocycles. The lowest BCUT2D eigenvalue weighted by Gasteiger charge is -2.49. The fourth-order valence-electron chi connectivity index (χ4n) is 4.73. The molecule has 3 rings (SSSR count). The molecule has 6 nitrogen and oxygen atoms in total. The number of amides is 1. The number of hydrogen-bond acceptors (Lipinski definition) is 5. The maximum atomic E-state index is 13.8. The van der Waals surface area contributed by atoms with Crippen molar-refractivity contribution < 1.29 is 19.0 Å². The van der Waals surface area contributed by atoms with E-state index in [1.54, 1.807) is 0 Å². The van der Waals surface area contributed by atoms with Gasteiger partial charge in [-0.2, -0.15) is 0 Å². The largest absolute Gasteiger partial charge is 0.471 e. The number of carbonyl (C=O) groups excluding carboxylic acids is 1. The summed E-state index contributed by atoms with van der Waals surface area (Å²) in [4.78, 5) is 16.2. The summed E-state index contributed by atoms with van der Waals surface area (Å²) >= 11 is 0. The third-order valence-corrected chi connectivity index (χ3v) is 6.17. The maximum absolute atomic E-state index is 13.8. The monoisotopic (exact) mass is 447 g/mol. The fourth-order valence-corrected chi connectivity index (χ4v) is 4.73. The zero-order chi connectivity index (χ0) is 23.5. The van der Waals surface area contributed by atoms with Gasteiger partial charge < -0.3 is 20.5 Å². The Hall–Kier alpha value is -1.99. The molecule has 1 amide bonds. The summed E-state index contributed by atoms with van der Waals surface area (Å²) in [7, 11) is 0. The van der Waals surface area contributed by atoms with E-state index in [9.17, 15) is 14.3 Å². The van der Waals surface area contributed by atoms with Crippen LogP contribution >= 0.6 is 0 Å². The molecule has 32 heavy (non-hydrogen) atoms. The number of carbonyl (C=O) groups is 1. The third kappa shape index (κ3) is 6.29. The van der Waals surface area contributed by atoms with Gasteiger partial charge in [0.25, 0.3) is 0 Å². The Morgan fingerprint density at radius 2 is 2.12 bits per heavy atom. The van der Waals surface area contributed by atoms with Crippen molar-refractivity contribution in [2.24, 2.45) is 5.41 Å². The van der Waals surface area contributed by atoms with Crippen LogP contribution in [0.15, 0.2) is 24.4 Å². The van der Waals surface area contributed by atoms with Crippen molar-refractivity contribution in [2.75, 3.05) is 6.54 Å². The SMILES string of the molecule is C/C=C/C[C@H](NC(C)=O)[C@H](O)CN[C@H]1CC2(CC(F)C2)Oc2ncc(CC(C)(C)C)cc21. The number of pyridine rings is 1. The van der Waals surface area contributed by atoms with Crippen molar-refractivity contribution in [3.8, 4) is 5.88 Å². The van der Waals surface area contributed by atoms with E-state index < -0.39 is 17.9 Å². The number of hydrogen-bond donors (Lipinski definition) is 3. The third-order valence-electron chi connectivity index (χ3n) is 6.17. The first kappa shape index (κ1) is 24.6. The van der Waals surface area contributed by atoms with Crippen molar-refractivity contribution >= 4 is 5.91 Å². The van der Waals surface area contributed by atoms with E-state index in [1.807, 2.05) is 25.3 Å². The van der Waals surface area contributed by atoms with E-state index in [-0.39, 0.29) is 23.4 Å². The van der Waals surface area contributed by atoms with Gasteiger partial charge in [-0.1, -0.05) is 32.9 Å². The van der Waals surface area contributed by atoms with Crippen LogP contribution in [0.5, 0.6) is 5.88 Å². The number of ether oxygens (including phenoxy) is 1. The number of fused-ring (bicyclic) bond motifs is 1. The second kappa shape index (κ2) is 9.87. The van der Waals surface area contributed by atoms with E-state index >= 15 is 0 Å². The number of aliphatic hydroxyl groups is 1. The molecule has 2 heterocycles. The number of aromatic nitrogens is 1. The first-order valence-corrected chi connectivity index (χ1v) is 11.6. The van der Waals surface area contributed by atoms with Gasteiger partial charge in [0, 0.05) is 50.5 Å². The average Bonchev–Trinajstić information content (AvgIpc) is 2.67. The van der Waals surface area contributed by atoms with E-state index in [1.165, 1.54) is 6.92 Å². The second-order valence-electron chi connectivity index (χ2n) is 10.6. The van der Waals surface area contributed by atoms with E-state index in [4.69, 9.17) is 4.74 Å². The number of aliphatic hydroxyl groups excluding tert-OH is 1. The number of nitrogens with zero attached hydrogens (tertiary/aromatic N) is 1. The number of allylic oxidation sites excluding steroid dienone is 1. The summed E-state index contributed by atoms with van der Waals surface area (Å²) in [5.74, 6) is 0.383. The lowest BCUT2D eigenvalue weighted by atomic mass is 9.72. The smallest absolute Gasteiger partial charge is 0.218 e. The average molecular weight is 448 g/mol. The quantitative estimate of drug-likeness (QED) is 0.528. The second-order valence-corrected chi connectivity index (χ2v) is 10.6. The zero-order valence-electron chi connectivity index (χ0n) is 20.0. The highest BCUT2D eigenvalue weighted by molar-refractivity contribution is 5.73. The normalized spacial score (nSPS) is 26.8. The van der Waals surface area contributed by atoms with Crippen molar-refractivity contribution in [2.45, 2.75) is 96.7 Å². The van der Waals surface area contributed by atoms with Crippen LogP contribution in [0.4, 0.5) is 4.39 Å². The molecule has 3 atom stereocenters. The predicted octanol–water partition coefficient (Wildman–Crippen LogP) is 3.79. The van der Waals surface area contributed by atoms with Gasteiger partial charge in [-0.3, -0.25) is 4.79 Å². The lowest BCUT2D eigenvalue weighted by Crippen LogP contribution is -2.55. The molecule has 0 unspecified atom stereocenters. The van der Waals surface area contributed by atoms with Gasteiger partial charge in [-0.15, -0.1) is 0 Å². The molecule has 1 aromatic rings. The summed E-state index contributed by atoms with van der Waals surface area (Å²) in [5, 5.41) is 17.1. The topological polar surface area (TPSA) is 83.5 Å². The summed E-state index contributed by atoms with van der Waals surface area (Å²) in [5.41, 5.74) is 1.68. The van der Waals surface area contributed by atoms with E-state index in [2.05, 4.69) is 42.5 Å². The first-order chi connectivity index (χ1) is 15.0. The lowest BCUT2D eigenvalue weighted by molar-refractivity contribution is -0.120. The maximum Gasteiger partial charge on any atom is 0.218 e. The molecule has 1 aliphatic heterocycles. The summed E-state index contributed by atoms with van der Waals surface area (Å²) in [6.45, 7) is 10.2. The van der Waals surface area contributed by atoms with Crippen LogP contribution in [0.25, 0.3) is 0 Å². The number of nitrogens with one attached hydrogen (secondary N) is 2. The number of alkyl halides is 1. The van der Waals surface area contributed by atoms with Crippen LogP contribution in [0.3, 0.4) is 0 Å². The van der Waals surface area contributed by atoms with E-state index in [0.717, 1.165) is 17.5 Å². The molecule has 1 spiro atoms. The van der Waals surface area contributed by atoms with Crippen LogP contribution in [0.1, 0.15) is 77.5 Å². The molecule has 1 fully saturated rings. The standard InChI is InChI=1S/C25H38FN3O3/c1-6-7-8-20(29-16(2)30)22(31)15-27-21-13-25(11-18(26)12-25)32-23-19(21)9-17(14-28-23)10-24(3,4)5/h6-7,9,14,18,20-22,27,31H,8,10-13,15H2,1-5H3,(H,29,30)/b7-6+/t18?,20-,21-,22+,25?/m0/s1. The molecule has 0 saturated heterocycles. The minimum Gasteiger partial charge on any atom is -0.471 e. The Morgan fingerprint density at radius 1 is 1.41 bits per heavy atom. The molecule has 3 N–H and O–H groups in total. The van der Waals surface area contributed by atoms with Crippen LogP contribution in [0.2, 0.25) is 0 Å². The van der Waals surface area contributed by atoms with Gasteiger partial charge in [0.2, 0.25) is 11.8 Å². The van der Waals surface area contributed by atoms with Gasteiger partial charge in [-0.25, -0.2) is 9.37 Å². The molecule has 0 radical (unpaired) electrons. The molecule has 7 heteroatoms. The Morgan fingerprint density at radius 3 is 2.72 bits per heavy atom. The molecule has 1 aromatic heterocycles. The summed E-state index contributed by atoms with van der Waals surface area (Å²) in [6, 6.07) is 1.64. The number of halogens is 1. The molecule has 1 saturated carbocycles. The predicted molar refractivity (Wildman–Crippen MR) is 123 cm³/mol. The van der Waals surface area contributed by atoms with Gasteiger partial charge >= 0.3 is 0 Å².